The van der Waals surface area contributed by atoms with Gasteiger partial charge in [0.1, 0.15) is 23.8 Å². The largest absolute Gasteiger partial charge is 0.473 e. The normalized spacial score (nSPS) is 14.8. The van der Waals surface area contributed by atoms with Gasteiger partial charge in [-0.2, -0.15) is 4.98 Å². The van der Waals surface area contributed by atoms with Crippen molar-refractivity contribution in [3.05, 3.63) is 36.4 Å². The van der Waals surface area contributed by atoms with Gasteiger partial charge in [0.05, 0.1) is 0 Å². The predicted octanol–water partition coefficient (Wildman–Crippen LogP) is 1.92. The minimum atomic E-state index is -0.386. The fourth-order valence-corrected chi connectivity index (χ4v) is 2.59. The summed E-state index contributed by atoms with van der Waals surface area (Å²) < 4.78 is 5.88. The molecule has 0 atom stereocenters. The Hall–Kier alpha value is -2.90. The first-order valence-corrected chi connectivity index (χ1v) is 7.98. The number of hydrogen-bond acceptors (Lipinski definition) is 7. The number of aromatic nitrogens is 3. The third kappa shape index (κ3) is 3.89. The highest BCUT2D eigenvalue weighted by atomic mass is 16.5. The second kappa shape index (κ2) is 7.58. The number of rotatable bonds is 5. The summed E-state index contributed by atoms with van der Waals surface area (Å²) in [7, 11) is 0. The van der Waals surface area contributed by atoms with Crippen LogP contribution >= 0.6 is 0 Å². The van der Waals surface area contributed by atoms with Gasteiger partial charge >= 0.3 is 0 Å². The predicted molar refractivity (Wildman–Crippen MR) is 89.3 cm³/mol. The molecule has 0 radical (unpaired) electrons. The van der Waals surface area contributed by atoms with E-state index in [0.29, 0.717) is 11.7 Å². The van der Waals surface area contributed by atoms with E-state index < -0.39 is 0 Å². The molecule has 4 N–H and O–H groups in total. The molecule has 2 heterocycles. The molecule has 0 aromatic carbocycles. The number of nitrogens with zero attached hydrogens (tertiary/aromatic N) is 3. The van der Waals surface area contributed by atoms with Crippen molar-refractivity contribution in [3.63, 3.8) is 0 Å². The zero-order chi connectivity index (χ0) is 16.8. The molecule has 0 saturated heterocycles. The molecule has 0 bridgehead atoms. The number of hydrazine groups is 1. The number of nitrogens with two attached hydrogens (primary N) is 1. The average molecular weight is 328 g/mol. The Labute approximate surface area is 139 Å². The molecule has 2 aromatic heterocycles. The molecule has 24 heavy (non-hydrogen) atoms. The van der Waals surface area contributed by atoms with Crippen molar-refractivity contribution in [3.8, 4) is 5.88 Å². The lowest BCUT2D eigenvalue weighted by Crippen LogP contribution is -2.31. The van der Waals surface area contributed by atoms with E-state index in [9.17, 15) is 4.79 Å². The summed E-state index contributed by atoms with van der Waals surface area (Å²) in [6, 6.07) is 5.08. The monoisotopic (exact) mass is 328 g/mol. The Morgan fingerprint density at radius 3 is 2.75 bits per heavy atom. The Kier molecular flexibility index (Phi) is 5.05. The topological polar surface area (TPSA) is 115 Å². The maximum atomic E-state index is 12.0. The number of ether oxygens (including phenoxy) is 1. The lowest BCUT2D eigenvalue weighted by molar-refractivity contribution is 0.0957. The van der Waals surface area contributed by atoms with E-state index >= 15 is 0 Å². The summed E-state index contributed by atoms with van der Waals surface area (Å²) in [6.07, 6.45) is 8.58. The third-order valence-corrected chi connectivity index (χ3v) is 3.87. The minimum Gasteiger partial charge on any atom is -0.473 e. The number of hydrogen-bond donors (Lipinski definition) is 3. The summed E-state index contributed by atoms with van der Waals surface area (Å²) in [5.74, 6) is 0.245. The van der Waals surface area contributed by atoms with Crippen LogP contribution in [-0.4, -0.2) is 27.0 Å². The number of pyridine rings is 1. The molecular formula is C16H20N6O2. The second-order valence-electron chi connectivity index (χ2n) is 5.61. The van der Waals surface area contributed by atoms with E-state index in [2.05, 4.69) is 25.8 Å². The van der Waals surface area contributed by atoms with E-state index in [1.54, 1.807) is 24.4 Å². The van der Waals surface area contributed by atoms with Crippen molar-refractivity contribution in [1.29, 1.82) is 0 Å². The molecule has 1 aliphatic carbocycles. The van der Waals surface area contributed by atoms with Gasteiger partial charge in [-0.25, -0.2) is 4.98 Å². The van der Waals surface area contributed by atoms with Gasteiger partial charge in [0.2, 0.25) is 5.88 Å². The van der Waals surface area contributed by atoms with Gasteiger partial charge in [-0.3, -0.25) is 20.6 Å². The van der Waals surface area contributed by atoms with Crippen molar-refractivity contribution in [2.24, 2.45) is 0 Å². The summed E-state index contributed by atoms with van der Waals surface area (Å²) >= 11 is 0. The number of carbonyl (C=O) groups excluding carboxylic acids is 1. The van der Waals surface area contributed by atoms with Crippen LogP contribution in [0.4, 0.5) is 11.5 Å². The first-order chi connectivity index (χ1) is 11.7. The van der Waals surface area contributed by atoms with Crippen molar-refractivity contribution in [1.82, 2.24) is 20.4 Å². The van der Waals surface area contributed by atoms with E-state index in [0.717, 1.165) is 25.7 Å². The lowest BCUT2D eigenvalue weighted by atomic mass is 9.98. The van der Waals surface area contributed by atoms with Gasteiger partial charge < -0.3 is 10.5 Å². The Morgan fingerprint density at radius 2 is 2.00 bits per heavy atom. The van der Waals surface area contributed by atoms with Crippen molar-refractivity contribution in [2.45, 2.75) is 38.2 Å². The molecule has 126 valence electrons. The van der Waals surface area contributed by atoms with Crippen LogP contribution in [0.5, 0.6) is 5.88 Å². The van der Waals surface area contributed by atoms with Crippen molar-refractivity contribution >= 4 is 17.4 Å². The molecule has 0 unspecified atom stereocenters. The number of carbonyl (C=O) groups is 1. The molecule has 1 amide bonds. The van der Waals surface area contributed by atoms with Gasteiger partial charge in [-0.15, -0.1) is 0 Å². The van der Waals surface area contributed by atoms with Crippen LogP contribution in [-0.2, 0) is 0 Å². The van der Waals surface area contributed by atoms with Crippen LogP contribution in [0.15, 0.2) is 30.7 Å². The Morgan fingerprint density at radius 1 is 1.17 bits per heavy atom. The minimum absolute atomic E-state index is 0.131. The van der Waals surface area contributed by atoms with Crippen LogP contribution in [0.3, 0.4) is 0 Å². The average Bonchev–Trinajstić information content (AvgIpc) is 2.64. The summed E-state index contributed by atoms with van der Waals surface area (Å²) in [6.45, 7) is 0. The van der Waals surface area contributed by atoms with E-state index in [1.807, 2.05) is 0 Å². The van der Waals surface area contributed by atoms with E-state index in [-0.39, 0.29) is 23.4 Å². The lowest BCUT2D eigenvalue weighted by Gasteiger charge is -2.23. The molecule has 1 aliphatic rings. The smallest absolute Gasteiger partial charge is 0.288 e. The van der Waals surface area contributed by atoms with E-state index in [1.165, 1.54) is 12.7 Å². The molecule has 8 heteroatoms. The fourth-order valence-electron chi connectivity index (χ4n) is 2.59. The molecule has 8 nitrogen and oxygen atoms in total. The summed E-state index contributed by atoms with van der Waals surface area (Å²) in [5, 5.41) is 0. The molecule has 1 fully saturated rings. The fraction of sp³-hybridized carbons (Fsp3) is 0.375. The van der Waals surface area contributed by atoms with Gasteiger partial charge in [-0.1, -0.05) is 12.5 Å². The number of nitrogens with one attached hydrogen (secondary N) is 2. The summed E-state index contributed by atoms with van der Waals surface area (Å²) in [5.41, 5.74) is 11.8. The molecule has 1 saturated carbocycles. The van der Waals surface area contributed by atoms with Crippen molar-refractivity contribution in [2.75, 3.05) is 11.2 Å². The van der Waals surface area contributed by atoms with Gasteiger partial charge in [-0.05, 0) is 37.8 Å². The first kappa shape index (κ1) is 16.0. The van der Waals surface area contributed by atoms with Gasteiger partial charge in [0, 0.05) is 6.20 Å². The van der Waals surface area contributed by atoms with Gasteiger partial charge in [0.25, 0.3) is 5.91 Å². The maximum Gasteiger partial charge on any atom is 0.288 e. The SMILES string of the molecule is Nc1c(NNC(=O)c2ccccn2)ncnc1OC1CCCCC1. The zero-order valence-corrected chi connectivity index (χ0v) is 13.2. The number of amides is 1. The highest BCUT2D eigenvalue weighted by Gasteiger charge is 2.18. The van der Waals surface area contributed by atoms with Crippen LogP contribution in [0, 0.1) is 0 Å². The third-order valence-electron chi connectivity index (χ3n) is 3.87. The molecule has 0 spiro atoms. The van der Waals surface area contributed by atoms with E-state index in [4.69, 9.17) is 10.5 Å². The Bertz CT molecular complexity index is 688. The van der Waals surface area contributed by atoms with Crippen LogP contribution in [0.25, 0.3) is 0 Å². The zero-order valence-electron chi connectivity index (χ0n) is 13.2. The second-order valence-corrected chi connectivity index (χ2v) is 5.61. The molecule has 3 rings (SSSR count). The molecule has 2 aromatic rings. The quantitative estimate of drug-likeness (QED) is 0.718. The van der Waals surface area contributed by atoms with Crippen molar-refractivity contribution < 1.29 is 9.53 Å². The standard InChI is InChI=1S/C16H20N6O2/c17-13-14(21-22-15(23)12-8-4-5-9-18-12)19-10-20-16(13)24-11-6-2-1-3-7-11/h4-5,8-11H,1-3,6-7,17H2,(H,22,23)(H,19,20,21). The number of anilines is 2. The van der Waals surface area contributed by atoms with Crippen LogP contribution < -0.4 is 21.3 Å². The molecule has 0 aliphatic heterocycles. The van der Waals surface area contributed by atoms with Crippen LogP contribution in [0.1, 0.15) is 42.6 Å². The maximum absolute atomic E-state index is 12.0. The van der Waals surface area contributed by atoms with Crippen LogP contribution in [0.2, 0.25) is 0 Å². The van der Waals surface area contributed by atoms with Gasteiger partial charge in [0.15, 0.2) is 5.82 Å². The first-order valence-electron chi connectivity index (χ1n) is 7.98. The number of nitrogen functional groups attached to an aromatic ring is 1. The Balaban J connectivity index is 1.63. The molecular weight excluding hydrogens is 308 g/mol. The summed E-state index contributed by atoms with van der Waals surface area (Å²) in [4.78, 5) is 24.1. The highest BCUT2D eigenvalue weighted by Crippen LogP contribution is 2.28. The highest BCUT2D eigenvalue weighted by molar-refractivity contribution is 5.93.